The van der Waals surface area contributed by atoms with Crippen molar-refractivity contribution in [1.82, 2.24) is 5.32 Å². The summed E-state index contributed by atoms with van der Waals surface area (Å²) in [5.41, 5.74) is 2.10. The summed E-state index contributed by atoms with van der Waals surface area (Å²) in [6, 6.07) is 13.4. The Morgan fingerprint density at radius 1 is 1.17 bits per heavy atom. The first kappa shape index (κ1) is 22.2. The Balaban J connectivity index is 1.70. The molecule has 156 valence electrons. The van der Waals surface area contributed by atoms with Gasteiger partial charge >= 0.3 is 0 Å². The van der Waals surface area contributed by atoms with E-state index in [1.165, 1.54) is 6.07 Å². The van der Waals surface area contributed by atoms with Crippen LogP contribution in [0.4, 0.5) is 5.69 Å². The fourth-order valence-corrected chi connectivity index (χ4v) is 3.51. The van der Waals surface area contributed by atoms with Crippen LogP contribution < -0.4 is 10.6 Å². The van der Waals surface area contributed by atoms with E-state index in [0.717, 1.165) is 12.0 Å². The second kappa shape index (κ2) is 9.51. The van der Waals surface area contributed by atoms with Gasteiger partial charge in [-0.2, -0.15) is 0 Å². The molecule has 0 saturated heterocycles. The number of thiocarbonyl (C=S) groups is 1. The molecule has 0 aliphatic rings. The average molecular weight is 463 g/mol. The van der Waals surface area contributed by atoms with Crippen LogP contribution in [0.25, 0.3) is 11.3 Å². The number of hydrogen-bond donors (Lipinski definition) is 3. The van der Waals surface area contributed by atoms with Crippen molar-refractivity contribution in [2.75, 3.05) is 5.32 Å². The summed E-state index contributed by atoms with van der Waals surface area (Å²) < 4.78 is 5.62. The summed E-state index contributed by atoms with van der Waals surface area (Å²) in [6.45, 7) is 4.18. The standard InChI is InChI=1S/C22H20Cl2N2O3S/c1-3-12(2)13-4-7-18(27)17(10-13)25-22(30)26-21(28)20-9-8-19(29-20)15-6-5-14(23)11-16(15)24/h4-12,27H,3H2,1-2H3,(H2,25,26,28,30). The lowest BCUT2D eigenvalue weighted by atomic mass is 9.98. The number of nitrogens with one attached hydrogen (secondary N) is 2. The summed E-state index contributed by atoms with van der Waals surface area (Å²) >= 11 is 17.3. The van der Waals surface area contributed by atoms with Crippen molar-refractivity contribution in [3.05, 3.63) is 69.9 Å². The number of hydrogen-bond acceptors (Lipinski definition) is 4. The molecule has 8 heteroatoms. The smallest absolute Gasteiger partial charge is 0.293 e. The van der Waals surface area contributed by atoms with E-state index in [0.29, 0.717) is 33.0 Å². The minimum Gasteiger partial charge on any atom is -0.506 e. The number of carbonyl (C=O) groups is 1. The Hall–Kier alpha value is -2.54. The number of anilines is 1. The molecule has 30 heavy (non-hydrogen) atoms. The highest BCUT2D eigenvalue weighted by Crippen LogP contribution is 2.32. The molecule has 2 aromatic carbocycles. The zero-order valence-corrected chi connectivity index (χ0v) is 18.7. The number of phenols is 1. The van der Waals surface area contributed by atoms with Crippen LogP contribution in [0.2, 0.25) is 10.0 Å². The molecular formula is C22H20Cl2N2O3S. The maximum Gasteiger partial charge on any atom is 0.293 e. The van der Waals surface area contributed by atoms with Crippen LogP contribution in [-0.2, 0) is 0 Å². The lowest BCUT2D eigenvalue weighted by Crippen LogP contribution is -2.33. The highest BCUT2D eigenvalue weighted by Gasteiger charge is 2.16. The van der Waals surface area contributed by atoms with E-state index in [9.17, 15) is 9.90 Å². The molecule has 0 saturated carbocycles. The predicted octanol–water partition coefficient (Wildman–Crippen LogP) is 6.60. The van der Waals surface area contributed by atoms with E-state index in [4.69, 9.17) is 39.8 Å². The lowest BCUT2D eigenvalue weighted by Gasteiger charge is -2.14. The van der Waals surface area contributed by atoms with Crippen LogP contribution in [0.1, 0.15) is 42.3 Å². The molecule has 1 unspecified atom stereocenters. The number of amides is 1. The molecule has 1 heterocycles. The van der Waals surface area contributed by atoms with Gasteiger partial charge in [0.1, 0.15) is 11.5 Å². The first-order valence-electron chi connectivity index (χ1n) is 9.29. The molecule has 0 aliphatic heterocycles. The molecule has 1 atom stereocenters. The number of aromatic hydroxyl groups is 1. The Kier molecular flexibility index (Phi) is 7.02. The van der Waals surface area contributed by atoms with Gasteiger partial charge in [0, 0.05) is 10.6 Å². The van der Waals surface area contributed by atoms with Gasteiger partial charge in [-0.15, -0.1) is 0 Å². The van der Waals surface area contributed by atoms with Crippen LogP contribution in [0.15, 0.2) is 52.9 Å². The van der Waals surface area contributed by atoms with Crippen molar-refractivity contribution in [2.24, 2.45) is 0 Å². The second-order valence-corrected chi connectivity index (χ2v) is 8.03. The molecule has 0 bridgehead atoms. The van der Waals surface area contributed by atoms with Crippen molar-refractivity contribution >= 4 is 52.1 Å². The van der Waals surface area contributed by atoms with E-state index < -0.39 is 5.91 Å². The first-order chi connectivity index (χ1) is 14.3. The van der Waals surface area contributed by atoms with Gasteiger partial charge in [-0.05, 0) is 72.6 Å². The van der Waals surface area contributed by atoms with Crippen LogP contribution in [0.5, 0.6) is 5.75 Å². The zero-order valence-electron chi connectivity index (χ0n) is 16.3. The zero-order chi connectivity index (χ0) is 21.8. The van der Waals surface area contributed by atoms with Crippen LogP contribution >= 0.6 is 35.4 Å². The lowest BCUT2D eigenvalue weighted by molar-refractivity contribution is 0.0951. The summed E-state index contributed by atoms with van der Waals surface area (Å²) in [5, 5.41) is 16.5. The van der Waals surface area contributed by atoms with E-state index in [2.05, 4.69) is 24.5 Å². The van der Waals surface area contributed by atoms with Crippen LogP contribution in [0.3, 0.4) is 0 Å². The maximum absolute atomic E-state index is 12.5. The fourth-order valence-electron chi connectivity index (χ4n) is 2.81. The van der Waals surface area contributed by atoms with Crippen LogP contribution in [0, 0.1) is 0 Å². The number of phenolic OH excluding ortho intramolecular Hbond substituents is 1. The fraction of sp³-hybridized carbons (Fsp3) is 0.182. The Morgan fingerprint density at radius 2 is 1.93 bits per heavy atom. The summed E-state index contributed by atoms with van der Waals surface area (Å²) in [4.78, 5) is 12.5. The van der Waals surface area contributed by atoms with E-state index in [-0.39, 0.29) is 16.6 Å². The number of benzene rings is 2. The summed E-state index contributed by atoms with van der Waals surface area (Å²) in [7, 11) is 0. The number of carbonyl (C=O) groups excluding carboxylic acids is 1. The van der Waals surface area contributed by atoms with Gasteiger partial charge in [0.15, 0.2) is 10.9 Å². The minimum absolute atomic E-state index is 0.0383. The molecule has 3 aromatic rings. The second-order valence-electron chi connectivity index (χ2n) is 6.78. The molecular weight excluding hydrogens is 443 g/mol. The molecule has 5 nitrogen and oxygen atoms in total. The minimum atomic E-state index is -0.526. The topological polar surface area (TPSA) is 74.5 Å². The Labute approximate surface area is 190 Å². The van der Waals surface area contributed by atoms with Gasteiger partial charge < -0.3 is 14.8 Å². The highest BCUT2D eigenvalue weighted by atomic mass is 35.5. The number of furan rings is 1. The van der Waals surface area contributed by atoms with E-state index in [1.54, 1.807) is 30.3 Å². The quantitative estimate of drug-likeness (QED) is 0.294. The molecule has 0 spiro atoms. The largest absolute Gasteiger partial charge is 0.506 e. The summed E-state index contributed by atoms with van der Waals surface area (Å²) in [6.07, 6.45) is 0.962. The summed E-state index contributed by atoms with van der Waals surface area (Å²) in [5.74, 6) is 0.339. The SMILES string of the molecule is CCC(C)c1ccc(O)c(NC(=S)NC(=O)c2ccc(-c3ccc(Cl)cc3Cl)o2)c1. The first-order valence-corrected chi connectivity index (χ1v) is 10.5. The molecule has 0 radical (unpaired) electrons. The number of rotatable bonds is 5. The van der Waals surface area contributed by atoms with Gasteiger partial charge in [-0.1, -0.05) is 43.1 Å². The van der Waals surface area contributed by atoms with Gasteiger partial charge in [0.25, 0.3) is 5.91 Å². The maximum atomic E-state index is 12.5. The normalized spacial score (nSPS) is 11.7. The van der Waals surface area contributed by atoms with Gasteiger partial charge in [0.05, 0.1) is 10.7 Å². The Morgan fingerprint density at radius 3 is 2.63 bits per heavy atom. The molecule has 3 N–H and O–H groups in total. The monoisotopic (exact) mass is 462 g/mol. The van der Waals surface area contributed by atoms with Crippen molar-refractivity contribution in [2.45, 2.75) is 26.2 Å². The molecule has 3 rings (SSSR count). The molecule has 1 aromatic heterocycles. The van der Waals surface area contributed by atoms with Crippen LogP contribution in [-0.4, -0.2) is 16.1 Å². The van der Waals surface area contributed by atoms with Gasteiger partial charge in [0.2, 0.25) is 0 Å². The number of halogens is 2. The van der Waals surface area contributed by atoms with Crippen molar-refractivity contribution in [3.63, 3.8) is 0 Å². The van der Waals surface area contributed by atoms with E-state index in [1.807, 2.05) is 12.1 Å². The highest BCUT2D eigenvalue weighted by molar-refractivity contribution is 7.80. The third kappa shape index (κ3) is 5.14. The van der Waals surface area contributed by atoms with Crippen molar-refractivity contribution < 1.29 is 14.3 Å². The van der Waals surface area contributed by atoms with Gasteiger partial charge in [-0.25, -0.2) is 0 Å². The van der Waals surface area contributed by atoms with E-state index >= 15 is 0 Å². The predicted molar refractivity (Wildman–Crippen MR) is 125 cm³/mol. The molecule has 1 amide bonds. The molecule has 0 aliphatic carbocycles. The van der Waals surface area contributed by atoms with Gasteiger partial charge in [-0.3, -0.25) is 10.1 Å². The third-order valence-electron chi connectivity index (χ3n) is 4.70. The third-order valence-corrected chi connectivity index (χ3v) is 5.46. The average Bonchev–Trinajstić information content (AvgIpc) is 3.19. The molecule has 0 fully saturated rings. The van der Waals surface area contributed by atoms with Crippen molar-refractivity contribution in [1.29, 1.82) is 0 Å². The van der Waals surface area contributed by atoms with Crippen molar-refractivity contribution in [3.8, 4) is 17.1 Å². The Bertz CT molecular complexity index is 1100.